The number of rotatable bonds is 0. The highest BCUT2D eigenvalue weighted by atomic mass is 16.3. The van der Waals surface area contributed by atoms with Crippen LogP contribution < -0.4 is 0 Å². The van der Waals surface area contributed by atoms with Crippen LogP contribution in [0.25, 0.3) is 0 Å². The second-order valence-corrected chi connectivity index (χ2v) is 7.59. The third-order valence-electron chi connectivity index (χ3n) is 6.37. The van der Waals surface area contributed by atoms with Gasteiger partial charge in [-0.2, -0.15) is 0 Å². The molecule has 0 aromatic rings. The van der Waals surface area contributed by atoms with E-state index in [0.717, 1.165) is 30.1 Å². The molecule has 3 rings (SSSR count). The molecule has 3 fully saturated rings. The van der Waals surface area contributed by atoms with Gasteiger partial charge in [-0.05, 0) is 61.2 Å². The molecule has 0 aliphatic heterocycles. The lowest BCUT2D eigenvalue weighted by Gasteiger charge is -2.35. The van der Waals surface area contributed by atoms with Gasteiger partial charge in [-0.15, -0.1) is 0 Å². The van der Waals surface area contributed by atoms with Crippen LogP contribution in [0.4, 0.5) is 0 Å². The van der Waals surface area contributed by atoms with Crippen LogP contribution in [-0.2, 0) is 0 Å². The quantitative estimate of drug-likeness (QED) is 0.665. The Bertz CT molecular complexity index is 305. The van der Waals surface area contributed by atoms with Crippen LogP contribution in [0, 0.1) is 35.0 Å². The molecule has 0 radical (unpaired) electrons. The van der Waals surface area contributed by atoms with Gasteiger partial charge in [0.1, 0.15) is 0 Å². The maximum atomic E-state index is 10.7. The number of fused-ring (bicyclic) bond motifs is 3. The smallest absolute Gasteiger partial charge is 0.0650 e. The zero-order valence-electron chi connectivity index (χ0n) is 11.2. The van der Waals surface area contributed by atoms with E-state index >= 15 is 0 Å². The molecule has 1 heteroatoms. The SMILES string of the molecule is C[C@@H]1CC[C@H]2[C@@H]1[C@H]1[C@@H](CC[C@@]2(C)O)C1(C)C. The molecule has 0 saturated heterocycles. The molecule has 3 aliphatic carbocycles. The summed E-state index contributed by atoms with van der Waals surface area (Å²) in [6, 6.07) is 0. The summed E-state index contributed by atoms with van der Waals surface area (Å²) >= 11 is 0. The first-order chi connectivity index (χ1) is 7.36. The van der Waals surface area contributed by atoms with E-state index in [0.29, 0.717) is 11.3 Å². The highest BCUT2D eigenvalue weighted by molar-refractivity contribution is 5.14. The molecular formula is C15H26O. The fourth-order valence-corrected chi connectivity index (χ4v) is 5.29. The van der Waals surface area contributed by atoms with Crippen LogP contribution >= 0.6 is 0 Å². The minimum atomic E-state index is -0.376. The van der Waals surface area contributed by atoms with Gasteiger partial charge in [0, 0.05) is 0 Å². The lowest BCUT2D eigenvalue weighted by molar-refractivity contribution is -0.0302. The Morgan fingerprint density at radius 2 is 1.69 bits per heavy atom. The molecule has 3 aliphatic rings. The number of hydrogen-bond donors (Lipinski definition) is 1. The van der Waals surface area contributed by atoms with Gasteiger partial charge < -0.3 is 5.11 Å². The van der Waals surface area contributed by atoms with Crippen molar-refractivity contribution >= 4 is 0 Å². The summed E-state index contributed by atoms with van der Waals surface area (Å²) in [7, 11) is 0. The third kappa shape index (κ3) is 1.27. The van der Waals surface area contributed by atoms with Gasteiger partial charge in [0.05, 0.1) is 5.60 Å². The van der Waals surface area contributed by atoms with Gasteiger partial charge in [-0.3, -0.25) is 0 Å². The molecule has 0 unspecified atom stereocenters. The number of aliphatic hydroxyl groups is 1. The summed E-state index contributed by atoms with van der Waals surface area (Å²) in [5.74, 6) is 4.03. The van der Waals surface area contributed by atoms with Gasteiger partial charge in [-0.25, -0.2) is 0 Å². The molecule has 0 spiro atoms. The minimum Gasteiger partial charge on any atom is -0.390 e. The fraction of sp³-hybridized carbons (Fsp3) is 1.00. The van der Waals surface area contributed by atoms with E-state index < -0.39 is 0 Å². The van der Waals surface area contributed by atoms with Gasteiger partial charge in [0.15, 0.2) is 0 Å². The van der Waals surface area contributed by atoms with Crippen molar-refractivity contribution in [2.75, 3.05) is 0 Å². The Morgan fingerprint density at radius 3 is 2.38 bits per heavy atom. The molecule has 0 bridgehead atoms. The highest BCUT2D eigenvalue weighted by Gasteiger charge is 2.66. The molecule has 92 valence electrons. The maximum Gasteiger partial charge on any atom is 0.0650 e. The second kappa shape index (κ2) is 3.04. The van der Waals surface area contributed by atoms with Gasteiger partial charge in [0.2, 0.25) is 0 Å². The van der Waals surface area contributed by atoms with Crippen molar-refractivity contribution in [2.45, 2.75) is 59.0 Å². The van der Waals surface area contributed by atoms with Crippen LogP contribution in [-0.4, -0.2) is 10.7 Å². The average Bonchev–Trinajstić information content (AvgIpc) is 2.51. The van der Waals surface area contributed by atoms with E-state index in [1.807, 2.05) is 0 Å². The Labute approximate surface area is 99.6 Å². The molecule has 0 heterocycles. The highest BCUT2D eigenvalue weighted by Crippen LogP contribution is 2.71. The van der Waals surface area contributed by atoms with Crippen molar-refractivity contribution in [3.8, 4) is 0 Å². The molecular weight excluding hydrogens is 196 g/mol. The maximum absolute atomic E-state index is 10.7. The largest absolute Gasteiger partial charge is 0.390 e. The first-order valence-corrected chi connectivity index (χ1v) is 7.08. The van der Waals surface area contributed by atoms with E-state index in [9.17, 15) is 5.11 Å². The standard InChI is InChI=1S/C15H26O/c1-9-5-6-10-12(9)13-11(14(13,2)3)7-8-15(10,4)16/h9-13,16H,5-8H2,1-4H3/t9-,10+,11-,12-,13-,15-/m1/s1. The first kappa shape index (κ1) is 11.1. The van der Waals surface area contributed by atoms with Crippen molar-refractivity contribution in [1.82, 2.24) is 0 Å². The van der Waals surface area contributed by atoms with Crippen LogP contribution in [0.1, 0.15) is 53.4 Å². The summed E-state index contributed by atoms with van der Waals surface area (Å²) < 4.78 is 0. The van der Waals surface area contributed by atoms with Crippen molar-refractivity contribution in [3.05, 3.63) is 0 Å². The summed E-state index contributed by atoms with van der Waals surface area (Å²) in [6.45, 7) is 9.41. The van der Waals surface area contributed by atoms with E-state index in [2.05, 4.69) is 27.7 Å². The molecule has 0 amide bonds. The fourth-order valence-electron chi connectivity index (χ4n) is 5.29. The Morgan fingerprint density at radius 1 is 1.00 bits per heavy atom. The molecule has 16 heavy (non-hydrogen) atoms. The van der Waals surface area contributed by atoms with Crippen molar-refractivity contribution in [1.29, 1.82) is 0 Å². The van der Waals surface area contributed by atoms with E-state index in [1.54, 1.807) is 0 Å². The lowest BCUT2D eigenvalue weighted by atomic mass is 9.74. The summed E-state index contributed by atoms with van der Waals surface area (Å²) in [6.07, 6.45) is 4.89. The molecule has 3 saturated carbocycles. The Balaban J connectivity index is 1.94. The van der Waals surface area contributed by atoms with Crippen molar-refractivity contribution < 1.29 is 5.11 Å². The van der Waals surface area contributed by atoms with Gasteiger partial charge in [-0.1, -0.05) is 27.2 Å². The molecule has 0 aromatic carbocycles. The predicted octanol–water partition coefficient (Wildman–Crippen LogP) is 3.47. The minimum absolute atomic E-state index is 0.376. The van der Waals surface area contributed by atoms with Gasteiger partial charge >= 0.3 is 0 Å². The van der Waals surface area contributed by atoms with E-state index in [1.165, 1.54) is 19.3 Å². The first-order valence-electron chi connectivity index (χ1n) is 7.08. The molecule has 1 nitrogen and oxygen atoms in total. The van der Waals surface area contributed by atoms with Gasteiger partial charge in [0.25, 0.3) is 0 Å². The molecule has 6 atom stereocenters. The van der Waals surface area contributed by atoms with Crippen molar-refractivity contribution in [2.24, 2.45) is 35.0 Å². The van der Waals surface area contributed by atoms with Crippen LogP contribution in [0.5, 0.6) is 0 Å². The van der Waals surface area contributed by atoms with Crippen molar-refractivity contribution in [3.63, 3.8) is 0 Å². The summed E-state index contributed by atoms with van der Waals surface area (Å²) in [4.78, 5) is 0. The second-order valence-electron chi connectivity index (χ2n) is 7.59. The summed E-state index contributed by atoms with van der Waals surface area (Å²) in [5, 5.41) is 10.7. The molecule has 0 aromatic heterocycles. The normalized spacial score (nSPS) is 58.7. The Kier molecular flexibility index (Phi) is 2.11. The zero-order valence-corrected chi connectivity index (χ0v) is 11.2. The van der Waals surface area contributed by atoms with Crippen LogP contribution in [0.3, 0.4) is 0 Å². The number of hydrogen-bond acceptors (Lipinski definition) is 1. The Hall–Kier alpha value is -0.0400. The predicted molar refractivity (Wildman–Crippen MR) is 66.0 cm³/mol. The van der Waals surface area contributed by atoms with E-state index in [-0.39, 0.29) is 5.60 Å². The molecule has 1 N–H and O–H groups in total. The average molecular weight is 222 g/mol. The lowest BCUT2D eigenvalue weighted by Crippen LogP contribution is -2.38. The van der Waals surface area contributed by atoms with Crippen LogP contribution in [0.15, 0.2) is 0 Å². The monoisotopic (exact) mass is 222 g/mol. The van der Waals surface area contributed by atoms with E-state index in [4.69, 9.17) is 0 Å². The third-order valence-corrected chi connectivity index (χ3v) is 6.37. The summed E-state index contributed by atoms with van der Waals surface area (Å²) in [5.41, 5.74) is 0.191. The van der Waals surface area contributed by atoms with Crippen LogP contribution in [0.2, 0.25) is 0 Å². The zero-order chi connectivity index (χ0) is 11.7. The topological polar surface area (TPSA) is 20.2 Å².